The molecule has 3 nitrogen and oxygen atoms in total. The van der Waals surface area contributed by atoms with E-state index in [0.29, 0.717) is 0 Å². The number of nitrogens with zero attached hydrogens (tertiary/aromatic N) is 2. The molecule has 1 heterocycles. The van der Waals surface area contributed by atoms with Crippen LogP contribution in [0.25, 0.3) is 0 Å². The summed E-state index contributed by atoms with van der Waals surface area (Å²) in [7, 11) is 4.28. The SMILES string of the molecule is CCCN1CCC(CN)(N(C)C)C1. The summed E-state index contributed by atoms with van der Waals surface area (Å²) in [5.41, 5.74) is 6.10. The molecule has 0 aromatic carbocycles. The highest BCUT2D eigenvalue weighted by Crippen LogP contribution is 2.24. The fourth-order valence-electron chi connectivity index (χ4n) is 2.16. The van der Waals surface area contributed by atoms with E-state index in [9.17, 15) is 0 Å². The van der Waals surface area contributed by atoms with Crippen molar-refractivity contribution < 1.29 is 0 Å². The van der Waals surface area contributed by atoms with Crippen molar-refractivity contribution in [1.82, 2.24) is 9.80 Å². The molecule has 0 spiro atoms. The summed E-state index contributed by atoms with van der Waals surface area (Å²) in [5.74, 6) is 0. The Morgan fingerprint density at radius 2 is 2.15 bits per heavy atom. The molecule has 3 heteroatoms. The van der Waals surface area contributed by atoms with Gasteiger partial charge in [-0.2, -0.15) is 0 Å². The normalized spacial score (nSPS) is 30.2. The number of likely N-dealkylation sites (N-methyl/N-ethyl adjacent to an activating group) is 1. The van der Waals surface area contributed by atoms with Crippen molar-refractivity contribution in [2.24, 2.45) is 5.73 Å². The Labute approximate surface area is 81.9 Å². The second kappa shape index (κ2) is 4.40. The van der Waals surface area contributed by atoms with Gasteiger partial charge in [-0.1, -0.05) is 6.92 Å². The van der Waals surface area contributed by atoms with Gasteiger partial charge in [0.2, 0.25) is 0 Å². The second-order valence-electron chi connectivity index (χ2n) is 4.35. The molecule has 1 fully saturated rings. The van der Waals surface area contributed by atoms with Gasteiger partial charge in [-0.05, 0) is 33.5 Å². The summed E-state index contributed by atoms with van der Waals surface area (Å²) >= 11 is 0. The molecular formula is C10H23N3. The van der Waals surface area contributed by atoms with Crippen LogP contribution in [0.2, 0.25) is 0 Å². The lowest BCUT2D eigenvalue weighted by molar-refractivity contribution is 0.161. The van der Waals surface area contributed by atoms with E-state index < -0.39 is 0 Å². The first-order chi connectivity index (χ1) is 6.14. The summed E-state index contributed by atoms with van der Waals surface area (Å²) in [5, 5.41) is 0. The maximum absolute atomic E-state index is 5.86. The zero-order valence-corrected chi connectivity index (χ0v) is 9.21. The maximum Gasteiger partial charge on any atom is 0.0464 e. The van der Waals surface area contributed by atoms with Crippen molar-refractivity contribution in [3.63, 3.8) is 0 Å². The van der Waals surface area contributed by atoms with Crippen molar-refractivity contribution in [3.8, 4) is 0 Å². The van der Waals surface area contributed by atoms with Gasteiger partial charge in [-0.15, -0.1) is 0 Å². The van der Waals surface area contributed by atoms with Crippen LogP contribution in [-0.4, -0.2) is 55.6 Å². The zero-order chi connectivity index (χ0) is 9.90. The molecular weight excluding hydrogens is 162 g/mol. The highest BCUT2D eigenvalue weighted by Gasteiger charge is 2.38. The van der Waals surface area contributed by atoms with Crippen LogP contribution in [0.5, 0.6) is 0 Å². The Kier molecular flexibility index (Phi) is 3.71. The number of likely N-dealkylation sites (tertiary alicyclic amines) is 1. The summed E-state index contributed by atoms with van der Waals surface area (Å²) in [4.78, 5) is 4.82. The second-order valence-corrected chi connectivity index (χ2v) is 4.35. The molecule has 0 bridgehead atoms. The van der Waals surface area contributed by atoms with Crippen LogP contribution in [0, 0.1) is 0 Å². The van der Waals surface area contributed by atoms with Crippen LogP contribution in [-0.2, 0) is 0 Å². The summed E-state index contributed by atoms with van der Waals surface area (Å²) in [6.07, 6.45) is 2.46. The summed E-state index contributed by atoms with van der Waals surface area (Å²) in [6, 6.07) is 0. The minimum Gasteiger partial charge on any atom is -0.329 e. The minimum atomic E-state index is 0.245. The predicted octanol–water partition coefficient (Wildman–Crippen LogP) is 0.361. The van der Waals surface area contributed by atoms with E-state index in [1.165, 1.54) is 25.9 Å². The van der Waals surface area contributed by atoms with Crippen molar-refractivity contribution in [3.05, 3.63) is 0 Å². The number of nitrogens with two attached hydrogens (primary N) is 1. The van der Waals surface area contributed by atoms with Gasteiger partial charge in [0.25, 0.3) is 0 Å². The molecule has 0 saturated carbocycles. The van der Waals surface area contributed by atoms with Crippen LogP contribution >= 0.6 is 0 Å². The lowest BCUT2D eigenvalue weighted by atomic mass is 9.97. The Bertz CT molecular complexity index is 158. The van der Waals surface area contributed by atoms with Gasteiger partial charge in [0.1, 0.15) is 0 Å². The standard InChI is InChI=1S/C10H23N3/c1-4-6-13-7-5-10(8-11,9-13)12(2)3/h4-9,11H2,1-3H3. The van der Waals surface area contributed by atoms with E-state index in [2.05, 4.69) is 30.8 Å². The molecule has 0 aromatic rings. The molecule has 1 unspecified atom stereocenters. The molecule has 78 valence electrons. The van der Waals surface area contributed by atoms with Crippen molar-refractivity contribution >= 4 is 0 Å². The lowest BCUT2D eigenvalue weighted by Gasteiger charge is -2.35. The zero-order valence-electron chi connectivity index (χ0n) is 9.21. The van der Waals surface area contributed by atoms with Crippen molar-refractivity contribution in [1.29, 1.82) is 0 Å². The molecule has 1 aliphatic heterocycles. The van der Waals surface area contributed by atoms with Gasteiger partial charge < -0.3 is 15.5 Å². The first-order valence-electron chi connectivity index (χ1n) is 5.24. The monoisotopic (exact) mass is 185 g/mol. The van der Waals surface area contributed by atoms with Crippen LogP contribution in [0.3, 0.4) is 0 Å². The average molecular weight is 185 g/mol. The molecule has 0 amide bonds. The third kappa shape index (κ3) is 2.22. The van der Waals surface area contributed by atoms with Crippen molar-refractivity contribution in [2.45, 2.75) is 25.3 Å². The van der Waals surface area contributed by atoms with Crippen molar-refractivity contribution in [2.75, 3.05) is 40.3 Å². The van der Waals surface area contributed by atoms with Crippen LogP contribution in [0.15, 0.2) is 0 Å². The number of rotatable bonds is 4. The number of hydrogen-bond acceptors (Lipinski definition) is 3. The minimum absolute atomic E-state index is 0.245. The van der Waals surface area contributed by atoms with E-state index in [0.717, 1.165) is 13.1 Å². The van der Waals surface area contributed by atoms with E-state index in [1.54, 1.807) is 0 Å². The van der Waals surface area contributed by atoms with E-state index in [-0.39, 0.29) is 5.54 Å². The van der Waals surface area contributed by atoms with Gasteiger partial charge >= 0.3 is 0 Å². The molecule has 1 aliphatic rings. The van der Waals surface area contributed by atoms with Crippen LogP contribution in [0.4, 0.5) is 0 Å². The molecule has 1 saturated heterocycles. The topological polar surface area (TPSA) is 32.5 Å². The maximum atomic E-state index is 5.86. The van der Waals surface area contributed by atoms with E-state index >= 15 is 0 Å². The molecule has 1 rings (SSSR count). The third-order valence-corrected chi connectivity index (χ3v) is 3.28. The van der Waals surface area contributed by atoms with Gasteiger partial charge in [0, 0.05) is 25.2 Å². The Morgan fingerprint density at radius 1 is 1.46 bits per heavy atom. The fraction of sp³-hybridized carbons (Fsp3) is 1.00. The Hall–Kier alpha value is -0.120. The molecule has 0 radical (unpaired) electrons. The summed E-state index contributed by atoms with van der Waals surface area (Å²) in [6.45, 7) is 6.58. The molecule has 2 N–H and O–H groups in total. The molecule has 13 heavy (non-hydrogen) atoms. The largest absolute Gasteiger partial charge is 0.329 e. The smallest absolute Gasteiger partial charge is 0.0464 e. The predicted molar refractivity (Wildman–Crippen MR) is 56.8 cm³/mol. The quantitative estimate of drug-likeness (QED) is 0.686. The van der Waals surface area contributed by atoms with E-state index in [1.807, 2.05) is 0 Å². The van der Waals surface area contributed by atoms with Gasteiger partial charge in [-0.25, -0.2) is 0 Å². The third-order valence-electron chi connectivity index (χ3n) is 3.28. The van der Waals surface area contributed by atoms with Crippen LogP contribution < -0.4 is 5.73 Å². The van der Waals surface area contributed by atoms with Crippen LogP contribution in [0.1, 0.15) is 19.8 Å². The molecule has 0 aliphatic carbocycles. The Balaban J connectivity index is 2.52. The average Bonchev–Trinajstić information content (AvgIpc) is 2.50. The number of hydrogen-bond donors (Lipinski definition) is 1. The first kappa shape index (κ1) is 11.0. The van der Waals surface area contributed by atoms with E-state index in [4.69, 9.17) is 5.73 Å². The molecule has 0 aromatic heterocycles. The highest BCUT2D eigenvalue weighted by molar-refractivity contribution is 4.97. The van der Waals surface area contributed by atoms with Gasteiger partial charge in [0.05, 0.1) is 0 Å². The molecule has 1 atom stereocenters. The highest BCUT2D eigenvalue weighted by atomic mass is 15.3. The Morgan fingerprint density at radius 3 is 2.54 bits per heavy atom. The summed E-state index contributed by atoms with van der Waals surface area (Å²) < 4.78 is 0. The first-order valence-corrected chi connectivity index (χ1v) is 5.24. The van der Waals surface area contributed by atoms with Gasteiger partial charge in [-0.3, -0.25) is 0 Å². The van der Waals surface area contributed by atoms with Gasteiger partial charge in [0.15, 0.2) is 0 Å². The lowest BCUT2D eigenvalue weighted by Crippen LogP contribution is -2.52. The fourth-order valence-corrected chi connectivity index (χ4v) is 2.16.